The number of sulfonamides is 1. The van der Waals surface area contributed by atoms with Gasteiger partial charge in [-0.15, -0.1) is 0 Å². The van der Waals surface area contributed by atoms with E-state index in [1.807, 2.05) is 0 Å². The molecule has 1 aromatic carbocycles. The topological polar surface area (TPSA) is 79.4 Å². The van der Waals surface area contributed by atoms with Gasteiger partial charge in [-0.1, -0.05) is 12.1 Å². The maximum atomic E-state index is 12.5. The highest BCUT2D eigenvalue weighted by Crippen LogP contribution is 2.21. The Labute approximate surface area is 138 Å². The molecule has 1 aromatic heterocycles. The maximum Gasteiger partial charge on any atom is 0.263 e. The molecule has 1 amide bonds. The van der Waals surface area contributed by atoms with Gasteiger partial charge in [-0.25, -0.2) is 22.2 Å². The highest BCUT2D eigenvalue weighted by molar-refractivity contribution is 7.92. The van der Waals surface area contributed by atoms with Crippen LogP contribution in [-0.2, 0) is 10.0 Å². The number of carbonyl (C=O) groups excluding carboxylic acids is 1. The quantitative estimate of drug-likeness (QED) is 0.894. The summed E-state index contributed by atoms with van der Waals surface area (Å²) in [6, 6.07) is 7.00. The van der Waals surface area contributed by atoms with E-state index in [-0.39, 0.29) is 27.7 Å². The molecule has 0 aliphatic heterocycles. The number of amides is 1. The lowest BCUT2D eigenvalue weighted by molar-refractivity contribution is 0.0827. The number of hydrogen-bond donors (Lipinski definition) is 1. The lowest BCUT2D eigenvalue weighted by atomic mass is 10.2. The first kappa shape index (κ1) is 17.8. The van der Waals surface area contributed by atoms with E-state index in [9.17, 15) is 22.0 Å². The fourth-order valence-electron chi connectivity index (χ4n) is 1.87. The number of benzene rings is 1. The minimum atomic E-state index is -4.00. The highest BCUT2D eigenvalue weighted by Gasteiger charge is 2.17. The van der Waals surface area contributed by atoms with Gasteiger partial charge in [0.2, 0.25) is 0 Å². The van der Waals surface area contributed by atoms with Crippen LogP contribution in [0, 0.1) is 0 Å². The molecule has 0 atom stereocenters. The zero-order valence-corrected chi connectivity index (χ0v) is 13.7. The number of hydrogen-bond acceptors (Lipinski definition) is 4. The van der Waals surface area contributed by atoms with Crippen LogP contribution in [-0.4, -0.2) is 38.3 Å². The summed E-state index contributed by atoms with van der Waals surface area (Å²) in [4.78, 5) is 16.9. The van der Waals surface area contributed by atoms with Gasteiger partial charge in [-0.2, -0.15) is 0 Å². The first-order valence-electron chi connectivity index (χ1n) is 6.79. The molecule has 2 rings (SSSR count). The second kappa shape index (κ2) is 6.91. The third-order valence-corrected chi connectivity index (χ3v) is 4.47. The van der Waals surface area contributed by atoms with Crippen LogP contribution in [0.1, 0.15) is 22.3 Å². The van der Waals surface area contributed by atoms with E-state index >= 15 is 0 Å². The average Bonchev–Trinajstić information content (AvgIpc) is 2.54. The number of pyridine rings is 1. The van der Waals surface area contributed by atoms with Crippen molar-refractivity contribution in [2.24, 2.45) is 0 Å². The Morgan fingerprint density at radius 1 is 1.17 bits per heavy atom. The molecule has 6 nitrogen and oxygen atoms in total. The fourth-order valence-corrected chi connectivity index (χ4v) is 2.87. The van der Waals surface area contributed by atoms with Crippen molar-refractivity contribution in [3.05, 3.63) is 53.7 Å². The van der Waals surface area contributed by atoms with E-state index in [0.29, 0.717) is 0 Å². The smallest absolute Gasteiger partial charge is 0.263 e. The van der Waals surface area contributed by atoms with Crippen LogP contribution in [0.2, 0.25) is 0 Å². The predicted octanol–water partition coefficient (Wildman–Crippen LogP) is 2.52. The van der Waals surface area contributed by atoms with Gasteiger partial charge in [-0.05, 0) is 24.3 Å². The molecule has 0 spiro atoms. The van der Waals surface area contributed by atoms with Gasteiger partial charge < -0.3 is 4.90 Å². The Bertz CT molecular complexity index is 837. The molecule has 2 aromatic rings. The van der Waals surface area contributed by atoms with Crippen molar-refractivity contribution >= 4 is 21.7 Å². The van der Waals surface area contributed by atoms with Crippen molar-refractivity contribution in [2.45, 2.75) is 11.3 Å². The monoisotopic (exact) mass is 355 g/mol. The second-order valence-corrected chi connectivity index (χ2v) is 6.79. The van der Waals surface area contributed by atoms with Crippen molar-refractivity contribution in [3.63, 3.8) is 0 Å². The average molecular weight is 355 g/mol. The van der Waals surface area contributed by atoms with E-state index in [2.05, 4.69) is 9.71 Å². The van der Waals surface area contributed by atoms with Crippen LogP contribution in [0.4, 0.5) is 14.6 Å². The molecule has 0 fully saturated rings. The molecule has 24 heavy (non-hydrogen) atoms. The van der Waals surface area contributed by atoms with E-state index in [4.69, 9.17) is 0 Å². The predicted molar refractivity (Wildman–Crippen MR) is 84.5 cm³/mol. The summed E-state index contributed by atoms with van der Waals surface area (Å²) in [6.45, 7) is 0. The van der Waals surface area contributed by atoms with E-state index < -0.39 is 16.4 Å². The molecular weight excluding hydrogens is 340 g/mol. The molecule has 0 bridgehead atoms. The molecular formula is C15H15F2N3O3S. The first-order chi connectivity index (χ1) is 11.2. The van der Waals surface area contributed by atoms with Gasteiger partial charge in [0.1, 0.15) is 5.82 Å². The van der Waals surface area contributed by atoms with Crippen molar-refractivity contribution in [3.8, 4) is 0 Å². The molecule has 128 valence electrons. The lowest BCUT2D eigenvalue weighted by Crippen LogP contribution is -2.22. The van der Waals surface area contributed by atoms with E-state index in [1.54, 1.807) is 14.1 Å². The lowest BCUT2D eigenvalue weighted by Gasteiger charge is -2.12. The Hall–Kier alpha value is -2.55. The summed E-state index contributed by atoms with van der Waals surface area (Å²) in [5.74, 6) is -0.347. The van der Waals surface area contributed by atoms with Crippen molar-refractivity contribution < 1.29 is 22.0 Å². The molecule has 0 saturated heterocycles. The third kappa shape index (κ3) is 4.05. The molecule has 1 heterocycles. The van der Waals surface area contributed by atoms with Crippen molar-refractivity contribution in [2.75, 3.05) is 18.8 Å². The molecule has 0 radical (unpaired) electrons. The van der Waals surface area contributed by atoms with Crippen LogP contribution in [0.15, 0.2) is 47.5 Å². The molecule has 0 aliphatic carbocycles. The minimum Gasteiger partial charge on any atom is -0.345 e. The van der Waals surface area contributed by atoms with E-state index in [0.717, 1.165) is 24.3 Å². The minimum absolute atomic E-state index is 0.0411. The summed E-state index contributed by atoms with van der Waals surface area (Å²) >= 11 is 0. The molecule has 9 heteroatoms. The number of nitrogens with one attached hydrogen (secondary N) is 1. The summed E-state index contributed by atoms with van der Waals surface area (Å²) < 4.78 is 51.8. The maximum absolute atomic E-state index is 12.5. The highest BCUT2D eigenvalue weighted by atomic mass is 32.2. The number of anilines is 1. The Kier molecular flexibility index (Phi) is 5.13. The van der Waals surface area contributed by atoms with E-state index in [1.165, 1.54) is 23.2 Å². The number of halogens is 2. The van der Waals surface area contributed by atoms with Crippen LogP contribution in [0.25, 0.3) is 0 Å². The van der Waals surface area contributed by atoms with Crippen molar-refractivity contribution in [1.29, 1.82) is 0 Å². The van der Waals surface area contributed by atoms with Crippen LogP contribution in [0.5, 0.6) is 0 Å². The summed E-state index contributed by atoms with van der Waals surface area (Å²) in [7, 11) is -0.868. The zero-order chi connectivity index (χ0) is 17.9. The zero-order valence-electron chi connectivity index (χ0n) is 12.9. The van der Waals surface area contributed by atoms with Crippen molar-refractivity contribution in [1.82, 2.24) is 9.88 Å². The van der Waals surface area contributed by atoms with Gasteiger partial charge >= 0.3 is 0 Å². The van der Waals surface area contributed by atoms with Gasteiger partial charge in [0.05, 0.1) is 4.90 Å². The first-order valence-corrected chi connectivity index (χ1v) is 8.27. The number of carbonyl (C=O) groups is 1. The Balaban J connectivity index is 2.26. The molecule has 0 aliphatic rings. The molecule has 1 N–H and O–H groups in total. The number of aromatic nitrogens is 1. The van der Waals surface area contributed by atoms with Gasteiger partial charge in [0.25, 0.3) is 22.4 Å². The van der Waals surface area contributed by atoms with Gasteiger partial charge in [-0.3, -0.25) is 9.52 Å². The largest absolute Gasteiger partial charge is 0.345 e. The normalized spacial score (nSPS) is 11.4. The Morgan fingerprint density at radius 2 is 1.79 bits per heavy atom. The third-order valence-electron chi connectivity index (χ3n) is 3.09. The SMILES string of the molecule is CN(C)C(=O)c1ccnc(NS(=O)(=O)c2ccc(C(F)F)cc2)c1. The summed E-state index contributed by atoms with van der Waals surface area (Å²) in [5, 5.41) is 0. The summed E-state index contributed by atoms with van der Waals surface area (Å²) in [6.07, 6.45) is -1.38. The number of nitrogens with zero attached hydrogens (tertiary/aromatic N) is 2. The standard InChI is InChI=1S/C15H15F2N3O3S/c1-20(2)15(21)11-7-8-18-13(9-11)19-24(22,23)12-5-3-10(4-6-12)14(16)17/h3-9,14H,1-2H3,(H,18,19). The van der Waals surface area contributed by atoms with Crippen LogP contribution < -0.4 is 4.72 Å². The Morgan fingerprint density at radius 3 is 2.33 bits per heavy atom. The van der Waals surface area contributed by atoms with Crippen LogP contribution in [0.3, 0.4) is 0 Å². The number of rotatable bonds is 5. The van der Waals surface area contributed by atoms with Gasteiger partial charge in [0, 0.05) is 31.4 Å². The molecule has 0 saturated carbocycles. The van der Waals surface area contributed by atoms with Crippen LogP contribution >= 0.6 is 0 Å². The second-order valence-electron chi connectivity index (χ2n) is 5.10. The van der Waals surface area contributed by atoms with Gasteiger partial charge in [0.15, 0.2) is 0 Å². The fraction of sp³-hybridized carbons (Fsp3) is 0.200. The molecule has 0 unspecified atom stereocenters. The summed E-state index contributed by atoms with van der Waals surface area (Å²) in [5.41, 5.74) is -0.00796. The number of alkyl halides is 2.